The summed E-state index contributed by atoms with van der Waals surface area (Å²) < 4.78 is 31.5. The second kappa shape index (κ2) is 8.03. The van der Waals surface area contributed by atoms with Gasteiger partial charge in [-0.05, 0) is 47.5 Å². The lowest BCUT2D eigenvalue weighted by Crippen LogP contribution is -2.51. The Kier molecular flexibility index (Phi) is 5.73. The van der Waals surface area contributed by atoms with Crippen molar-refractivity contribution in [2.45, 2.75) is 42.5 Å². The number of aromatic nitrogens is 4. The van der Waals surface area contributed by atoms with Crippen molar-refractivity contribution in [3.05, 3.63) is 30.6 Å². The van der Waals surface area contributed by atoms with Gasteiger partial charge in [0.25, 0.3) is 0 Å². The minimum Gasteiger partial charge on any atom is -0.497 e. The van der Waals surface area contributed by atoms with Crippen LogP contribution in [0.4, 0.5) is 0 Å². The maximum atomic E-state index is 12.9. The maximum absolute atomic E-state index is 12.9. The smallest absolute Gasteiger partial charge is 0.248 e. The highest BCUT2D eigenvalue weighted by Gasteiger charge is 2.42. The van der Waals surface area contributed by atoms with Crippen molar-refractivity contribution in [1.29, 1.82) is 0 Å². The van der Waals surface area contributed by atoms with Crippen molar-refractivity contribution in [2.75, 3.05) is 19.4 Å². The van der Waals surface area contributed by atoms with Gasteiger partial charge in [0.1, 0.15) is 17.6 Å². The van der Waals surface area contributed by atoms with Crippen LogP contribution in [0.5, 0.6) is 5.75 Å². The Morgan fingerprint density at radius 2 is 1.93 bits per heavy atom. The molecule has 1 aliphatic carbocycles. The first-order chi connectivity index (χ1) is 13.0. The normalized spacial score (nSPS) is 16.6. The molecule has 10 heteroatoms. The molecule has 1 fully saturated rings. The quantitative estimate of drug-likeness (QED) is 0.744. The average molecular weight is 393 g/mol. The van der Waals surface area contributed by atoms with Gasteiger partial charge in [0.2, 0.25) is 5.91 Å². The minimum atomic E-state index is -3.50. The number of carbonyl (C=O) groups is 1. The van der Waals surface area contributed by atoms with Crippen molar-refractivity contribution in [2.24, 2.45) is 0 Å². The van der Waals surface area contributed by atoms with Crippen LogP contribution in [0.3, 0.4) is 0 Å². The van der Waals surface area contributed by atoms with E-state index in [1.54, 1.807) is 12.1 Å². The van der Waals surface area contributed by atoms with Gasteiger partial charge in [-0.25, -0.2) is 13.1 Å². The van der Waals surface area contributed by atoms with E-state index < -0.39 is 15.4 Å². The van der Waals surface area contributed by atoms with Crippen LogP contribution >= 0.6 is 0 Å². The molecule has 0 aliphatic heterocycles. The summed E-state index contributed by atoms with van der Waals surface area (Å²) in [6.07, 6.45) is 5.57. The summed E-state index contributed by atoms with van der Waals surface area (Å²) in [6, 6.07) is 6.19. The Hall–Kier alpha value is -2.49. The Labute approximate surface area is 158 Å². The number of sulfone groups is 1. The fourth-order valence-electron chi connectivity index (χ4n) is 3.42. The molecule has 146 valence electrons. The van der Waals surface area contributed by atoms with E-state index >= 15 is 0 Å². The number of hydrogen-bond donors (Lipinski definition) is 1. The fourth-order valence-corrected chi connectivity index (χ4v) is 4.58. The Morgan fingerprint density at radius 1 is 1.22 bits per heavy atom. The second-order valence-electron chi connectivity index (χ2n) is 6.60. The van der Waals surface area contributed by atoms with E-state index in [4.69, 9.17) is 4.74 Å². The lowest BCUT2D eigenvalue weighted by Gasteiger charge is -2.35. The summed E-state index contributed by atoms with van der Waals surface area (Å²) in [5.41, 5.74) is -0.842. The Morgan fingerprint density at radius 3 is 2.52 bits per heavy atom. The topological polar surface area (TPSA) is 116 Å². The van der Waals surface area contributed by atoms with Gasteiger partial charge in [-0.15, -0.1) is 5.10 Å². The third kappa shape index (κ3) is 4.10. The standard InChI is InChI=1S/C17H23N5O4S/c1-26-14-5-7-15(8-6-14)27(24,25)12-11-18-16(23)17(9-3-2-4-10-17)22-13-19-20-21-22/h5-8,13H,2-4,9-12H2,1H3,(H,18,23). The number of nitrogens with zero attached hydrogens (tertiary/aromatic N) is 4. The van der Waals surface area contributed by atoms with Crippen molar-refractivity contribution in [3.63, 3.8) is 0 Å². The number of hydrogen-bond acceptors (Lipinski definition) is 7. The van der Waals surface area contributed by atoms with E-state index in [1.165, 1.54) is 30.3 Å². The number of benzene rings is 1. The van der Waals surface area contributed by atoms with Crippen molar-refractivity contribution < 1.29 is 17.9 Å². The molecule has 0 saturated heterocycles. The van der Waals surface area contributed by atoms with Crippen LogP contribution in [0, 0.1) is 0 Å². The molecule has 1 amide bonds. The molecule has 27 heavy (non-hydrogen) atoms. The molecule has 1 N–H and O–H groups in total. The summed E-state index contributed by atoms with van der Waals surface area (Å²) in [7, 11) is -1.98. The zero-order valence-corrected chi connectivity index (χ0v) is 16.0. The molecule has 1 aromatic carbocycles. The molecular weight excluding hydrogens is 370 g/mol. The first-order valence-electron chi connectivity index (χ1n) is 8.86. The predicted octanol–water partition coefficient (Wildman–Crippen LogP) is 0.931. The van der Waals surface area contributed by atoms with Gasteiger partial charge in [-0.1, -0.05) is 19.3 Å². The monoisotopic (exact) mass is 393 g/mol. The molecule has 1 aliphatic rings. The van der Waals surface area contributed by atoms with E-state index in [1.807, 2.05) is 0 Å². The summed E-state index contributed by atoms with van der Waals surface area (Å²) in [5, 5.41) is 14.0. The van der Waals surface area contributed by atoms with E-state index in [2.05, 4.69) is 20.8 Å². The molecule has 0 radical (unpaired) electrons. The van der Waals surface area contributed by atoms with Crippen LogP contribution in [-0.4, -0.2) is 53.9 Å². The third-order valence-corrected chi connectivity index (χ3v) is 6.70. The molecule has 3 rings (SSSR count). The van der Waals surface area contributed by atoms with Gasteiger partial charge < -0.3 is 10.1 Å². The van der Waals surface area contributed by atoms with E-state index in [0.717, 1.165) is 19.3 Å². The van der Waals surface area contributed by atoms with Crippen molar-refractivity contribution >= 4 is 15.7 Å². The van der Waals surface area contributed by atoms with Crippen LogP contribution in [0.2, 0.25) is 0 Å². The molecule has 9 nitrogen and oxygen atoms in total. The molecule has 2 aromatic rings. The lowest BCUT2D eigenvalue weighted by molar-refractivity contribution is -0.132. The van der Waals surface area contributed by atoms with E-state index in [0.29, 0.717) is 18.6 Å². The van der Waals surface area contributed by atoms with E-state index in [9.17, 15) is 13.2 Å². The fraction of sp³-hybridized carbons (Fsp3) is 0.529. The average Bonchev–Trinajstić information content (AvgIpc) is 3.23. The highest BCUT2D eigenvalue weighted by molar-refractivity contribution is 7.91. The number of ether oxygens (including phenoxy) is 1. The van der Waals surface area contributed by atoms with Gasteiger partial charge in [-0.3, -0.25) is 4.79 Å². The minimum absolute atomic E-state index is 0.0249. The highest BCUT2D eigenvalue weighted by Crippen LogP contribution is 2.34. The SMILES string of the molecule is COc1ccc(S(=O)(=O)CCNC(=O)C2(n3cnnn3)CCCCC2)cc1. The number of nitrogens with one attached hydrogen (secondary N) is 1. The van der Waals surface area contributed by atoms with Gasteiger partial charge in [0.05, 0.1) is 17.8 Å². The van der Waals surface area contributed by atoms with Crippen LogP contribution < -0.4 is 10.1 Å². The first kappa shape index (κ1) is 19.3. The summed E-state index contributed by atoms with van der Waals surface area (Å²) in [5.74, 6) is 0.166. The second-order valence-corrected chi connectivity index (χ2v) is 8.71. The number of tetrazole rings is 1. The van der Waals surface area contributed by atoms with Crippen molar-refractivity contribution in [1.82, 2.24) is 25.5 Å². The zero-order valence-electron chi connectivity index (χ0n) is 15.2. The number of rotatable bonds is 7. The summed E-state index contributed by atoms with van der Waals surface area (Å²) in [4.78, 5) is 13.1. The zero-order chi connectivity index (χ0) is 19.3. The molecule has 1 aromatic heterocycles. The Bertz CT molecular complexity index is 859. The van der Waals surface area contributed by atoms with Gasteiger partial charge in [0, 0.05) is 6.54 Å². The molecule has 1 heterocycles. The third-order valence-electron chi connectivity index (χ3n) is 4.97. The number of amides is 1. The molecule has 0 bridgehead atoms. The number of methoxy groups -OCH3 is 1. The molecule has 1 saturated carbocycles. The van der Waals surface area contributed by atoms with E-state index in [-0.39, 0.29) is 23.1 Å². The van der Waals surface area contributed by atoms with Crippen LogP contribution in [0.25, 0.3) is 0 Å². The predicted molar refractivity (Wildman–Crippen MR) is 96.9 cm³/mol. The van der Waals surface area contributed by atoms with Crippen LogP contribution in [0.1, 0.15) is 32.1 Å². The molecule has 0 atom stereocenters. The molecular formula is C17H23N5O4S. The Balaban J connectivity index is 1.65. The molecule has 0 unspecified atom stereocenters. The highest BCUT2D eigenvalue weighted by atomic mass is 32.2. The number of carbonyl (C=O) groups excluding carboxylic acids is 1. The molecule has 0 spiro atoms. The lowest BCUT2D eigenvalue weighted by atomic mass is 9.81. The van der Waals surface area contributed by atoms with Gasteiger partial charge >= 0.3 is 0 Å². The van der Waals surface area contributed by atoms with Gasteiger partial charge in [-0.2, -0.15) is 0 Å². The largest absolute Gasteiger partial charge is 0.497 e. The van der Waals surface area contributed by atoms with Crippen LogP contribution in [-0.2, 0) is 20.2 Å². The summed E-state index contributed by atoms with van der Waals surface area (Å²) in [6.45, 7) is 0.0249. The van der Waals surface area contributed by atoms with Crippen molar-refractivity contribution in [3.8, 4) is 5.75 Å². The van der Waals surface area contributed by atoms with Crippen LogP contribution in [0.15, 0.2) is 35.5 Å². The van der Waals surface area contributed by atoms with Gasteiger partial charge in [0.15, 0.2) is 9.84 Å². The first-order valence-corrected chi connectivity index (χ1v) is 10.5. The maximum Gasteiger partial charge on any atom is 0.248 e. The summed E-state index contributed by atoms with van der Waals surface area (Å²) >= 11 is 0.